The van der Waals surface area contributed by atoms with Crippen molar-refractivity contribution in [3.8, 4) is 11.5 Å². The third-order valence-electron chi connectivity index (χ3n) is 2.99. The third kappa shape index (κ3) is 5.45. The van der Waals surface area contributed by atoms with E-state index in [-0.39, 0.29) is 12.2 Å². The number of rotatable bonds is 6. The Morgan fingerprint density at radius 2 is 1.75 bits per heavy atom. The van der Waals surface area contributed by atoms with Crippen molar-refractivity contribution in [2.24, 2.45) is 5.10 Å². The first-order chi connectivity index (χ1) is 11.6. The number of anilines is 1. The van der Waals surface area contributed by atoms with Gasteiger partial charge in [0.25, 0.3) is 0 Å². The Labute approximate surface area is 139 Å². The quantitative estimate of drug-likeness (QED) is 0.428. The second-order valence-electron chi connectivity index (χ2n) is 4.84. The van der Waals surface area contributed by atoms with E-state index in [1.807, 2.05) is 0 Å². The van der Waals surface area contributed by atoms with Crippen LogP contribution in [0, 0.1) is 0 Å². The minimum Gasteiger partial charge on any atom is -0.508 e. The standard InChI is InChI=1S/C17H17N3O4/c1-24-15-8-4-13(5-9-15)19-16(22)10-17(23)20-18-11-12-2-6-14(21)7-3-12/h2-9,11,21H,10H2,1H3,(H,19,22)(H,20,23)/b18-11+. The smallest absolute Gasteiger partial charge is 0.249 e. The molecule has 0 radical (unpaired) electrons. The number of nitrogens with one attached hydrogen (secondary N) is 2. The summed E-state index contributed by atoms with van der Waals surface area (Å²) < 4.78 is 5.02. The van der Waals surface area contributed by atoms with Gasteiger partial charge < -0.3 is 15.2 Å². The Kier molecular flexibility index (Phi) is 5.90. The number of hydrogen-bond donors (Lipinski definition) is 3. The number of aromatic hydroxyl groups is 1. The zero-order chi connectivity index (χ0) is 17.4. The van der Waals surface area contributed by atoms with Gasteiger partial charge in [0, 0.05) is 5.69 Å². The van der Waals surface area contributed by atoms with Crippen molar-refractivity contribution in [3.05, 3.63) is 54.1 Å². The average molecular weight is 327 g/mol. The van der Waals surface area contributed by atoms with Gasteiger partial charge in [-0.15, -0.1) is 0 Å². The summed E-state index contributed by atoms with van der Waals surface area (Å²) in [5.74, 6) is -0.158. The summed E-state index contributed by atoms with van der Waals surface area (Å²) in [6, 6.07) is 13.1. The van der Waals surface area contributed by atoms with Gasteiger partial charge in [0.1, 0.15) is 17.9 Å². The number of amides is 2. The molecule has 2 rings (SSSR count). The van der Waals surface area contributed by atoms with E-state index < -0.39 is 11.8 Å². The number of nitrogens with zero attached hydrogens (tertiary/aromatic N) is 1. The minimum absolute atomic E-state index is 0.145. The molecular formula is C17H17N3O4. The molecule has 0 saturated carbocycles. The van der Waals surface area contributed by atoms with Gasteiger partial charge in [-0.05, 0) is 54.1 Å². The van der Waals surface area contributed by atoms with Gasteiger partial charge >= 0.3 is 0 Å². The van der Waals surface area contributed by atoms with E-state index in [1.54, 1.807) is 43.5 Å². The fraction of sp³-hybridized carbons (Fsp3) is 0.118. The molecule has 0 saturated heterocycles. The minimum atomic E-state index is -0.531. The van der Waals surface area contributed by atoms with Crippen molar-refractivity contribution in [2.75, 3.05) is 12.4 Å². The highest BCUT2D eigenvalue weighted by atomic mass is 16.5. The van der Waals surface area contributed by atoms with Crippen LogP contribution in [-0.2, 0) is 9.59 Å². The van der Waals surface area contributed by atoms with E-state index in [2.05, 4.69) is 15.8 Å². The molecular weight excluding hydrogens is 310 g/mol. The van der Waals surface area contributed by atoms with Crippen molar-refractivity contribution < 1.29 is 19.4 Å². The van der Waals surface area contributed by atoms with Crippen LogP contribution < -0.4 is 15.5 Å². The second-order valence-corrected chi connectivity index (χ2v) is 4.84. The number of carbonyl (C=O) groups is 2. The van der Waals surface area contributed by atoms with Gasteiger partial charge in [-0.2, -0.15) is 5.10 Å². The van der Waals surface area contributed by atoms with E-state index in [0.29, 0.717) is 17.0 Å². The molecule has 2 aromatic rings. The molecule has 0 bridgehead atoms. The monoisotopic (exact) mass is 327 g/mol. The maximum absolute atomic E-state index is 11.8. The largest absolute Gasteiger partial charge is 0.508 e. The predicted molar refractivity (Wildman–Crippen MR) is 90.1 cm³/mol. The number of benzene rings is 2. The van der Waals surface area contributed by atoms with Crippen molar-refractivity contribution in [2.45, 2.75) is 6.42 Å². The van der Waals surface area contributed by atoms with Gasteiger partial charge in [-0.1, -0.05) is 0 Å². The second kappa shape index (κ2) is 8.33. The predicted octanol–water partition coefficient (Wildman–Crippen LogP) is 1.88. The number of methoxy groups -OCH3 is 1. The fourth-order valence-electron chi connectivity index (χ4n) is 1.80. The molecule has 0 aliphatic rings. The maximum atomic E-state index is 11.8. The van der Waals surface area contributed by atoms with Crippen molar-refractivity contribution in [3.63, 3.8) is 0 Å². The van der Waals surface area contributed by atoms with Gasteiger partial charge in [0.2, 0.25) is 11.8 Å². The van der Waals surface area contributed by atoms with E-state index in [4.69, 9.17) is 9.84 Å². The molecule has 2 aromatic carbocycles. The van der Waals surface area contributed by atoms with Crippen LogP contribution in [-0.4, -0.2) is 30.2 Å². The molecule has 124 valence electrons. The zero-order valence-corrected chi connectivity index (χ0v) is 13.0. The molecule has 0 heterocycles. The van der Waals surface area contributed by atoms with Crippen molar-refractivity contribution in [1.82, 2.24) is 5.43 Å². The third-order valence-corrected chi connectivity index (χ3v) is 2.99. The van der Waals surface area contributed by atoms with E-state index in [1.165, 1.54) is 18.3 Å². The van der Waals surface area contributed by atoms with Gasteiger partial charge in [-0.25, -0.2) is 5.43 Å². The number of phenols is 1. The van der Waals surface area contributed by atoms with Crippen LogP contribution in [0.5, 0.6) is 11.5 Å². The number of hydrazone groups is 1. The van der Waals surface area contributed by atoms with Crippen LogP contribution >= 0.6 is 0 Å². The number of hydrogen-bond acceptors (Lipinski definition) is 5. The Hall–Kier alpha value is -3.35. The first-order valence-corrected chi connectivity index (χ1v) is 7.11. The SMILES string of the molecule is COc1ccc(NC(=O)CC(=O)N/N=C/c2ccc(O)cc2)cc1. The number of ether oxygens (including phenoxy) is 1. The maximum Gasteiger partial charge on any atom is 0.249 e. The van der Waals surface area contributed by atoms with Crippen LogP contribution in [0.1, 0.15) is 12.0 Å². The van der Waals surface area contributed by atoms with Crippen LogP contribution in [0.3, 0.4) is 0 Å². The van der Waals surface area contributed by atoms with E-state index >= 15 is 0 Å². The highest BCUT2D eigenvalue weighted by molar-refractivity contribution is 6.03. The summed E-state index contributed by atoms with van der Waals surface area (Å²) in [4.78, 5) is 23.4. The molecule has 7 heteroatoms. The van der Waals surface area contributed by atoms with Gasteiger partial charge in [-0.3, -0.25) is 9.59 Å². The Morgan fingerprint density at radius 1 is 1.08 bits per heavy atom. The first kappa shape index (κ1) is 17.0. The average Bonchev–Trinajstić information content (AvgIpc) is 2.57. The van der Waals surface area contributed by atoms with Crippen LogP contribution in [0.25, 0.3) is 0 Å². The fourth-order valence-corrected chi connectivity index (χ4v) is 1.80. The molecule has 7 nitrogen and oxygen atoms in total. The first-order valence-electron chi connectivity index (χ1n) is 7.11. The Bertz CT molecular complexity index is 725. The van der Waals surface area contributed by atoms with Crippen molar-refractivity contribution >= 4 is 23.7 Å². The highest BCUT2D eigenvalue weighted by Gasteiger charge is 2.09. The summed E-state index contributed by atoms with van der Waals surface area (Å²) in [6.07, 6.45) is 1.07. The van der Waals surface area contributed by atoms with Crippen LogP contribution in [0.15, 0.2) is 53.6 Å². The lowest BCUT2D eigenvalue weighted by atomic mass is 10.2. The Morgan fingerprint density at radius 3 is 2.38 bits per heavy atom. The van der Waals surface area contributed by atoms with Crippen LogP contribution in [0.2, 0.25) is 0 Å². The zero-order valence-electron chi connectivity index (χ0n) is 13.0. The normalized spacial score (nSPS) is 10.4. The molecule has 0 spiro atoms. The number of phenolic OH excluding ortho intramolecular Hbond substituents is 1. The summed E-state index contributed by atoms with van der Waals surface area (Å²) in [5.41, 5.74) is 3.54. The number of carbonyl (C=O) groups excluding carboxylic acids is 2. The topological polar surface area (TPSA) is 100 Å². The summed E-state index contributed by atoms with van der Waals surface area (Å²) in [5, 5.41) is 15.5. The Balaban J connectivity index is 1.78. The summed E-state index contributed by atoms with van der Waals surface area (Å²) >= 11 is 0. The highest BCUT2D eigenvalue weighted by Crippen LogP contribution is 2.15. The molecule has 0 aliphatic heterocycles. The van der Waals surface area contributed by atoms with Crippen LogP contribution in [0.4, 0.5) is 5.69 Å². The lowest BCUT2D eigenvalue weighted by molar-refractivity contribution is -0.126. The lowest BCUT2D eigenvalue weighted by Crippen LogP contribution is -2.24. The molecule has 24 heavy (non-hydrogen) atoms. The van der Waals surface area contributed by atoms with Crippen molar-refractivity contribution in [1.29, 1.82) is 0 Å². The molecule has 0 aliphatic carbocycles. The van der Waals surface area contributed by atoms with E-state index in [9.17, 15) is 9.59 Å². The van der Waals surface area contributed by atoms with E-state index in [0.717, 1.165) is 0 Å². The van der Waals surface area contributed by atoms with Gasteiger partial charge in [0.05, 0.1) is 13.3 Å². The molecule has 0 unspecified atom stereocenters. The molecule has 3 N–H and O–H groups in total. The summed E-state index contributed by atoms with van der Waals surface area (Å²) in [7, 11) is 1.55. The molecule has 2 amide bonds. The lowest BCUT2D eigenvalue weighted by Gasteiger charge is -2.05. The molecule has 0 fully saturated rings. The molecule has 0 aromatic heterocycles. The summed E-state index contributed by atoms with van der Waals surface area (Å²) in [6.45, 7) is 0. The van der Waals surface area contributed by atoms with Gasteiger partial charge in [0.15, 0.2) is 0 Å². The molecule has 0 atom stereocenters.